The van der Waals surface area contributed by atoms with Crippen LogP contribution in [0.5, 0.6) is 11.5 Å². The molecule has 7 nitrogen and oxygen atoms in total. The highest BCUT2D eigenvalue weighted by Crippen LogP contribution is 2.28. The van der Waals surface area contributed by atoms with Gasteiger partial charge in [-0.15, -0.1) is 0 Å². The Balaban J connectivity index is 2.05. The molecule has 4 N–H and O–H groups in total. The summed E-state index contributed by atoms with van der Waals surface area (Å²) < 4.78 is 11.0. The van der Waals surface area contributed by atoms with Crippen LogP contribution in [0.2, 0.25) is 0 Å². The number of nitrogens with two attached hydrogens (primary N) is 1. The second kappa shape index (κ2) is 8.19. The number of carbonyl (C=O) groups is 1. The van der Waals surface area contributed by atoms with Crippen molar-refractivity contribution >= 4 is 17.4 Å². The van der Waals surface area contributed by atoms with Crippen LogP contribution in [0.25, 0.3) is 0 Å². The maximum absolute atomic E-state index is 11.6. The lowest BCUT2D eigenvalue weighted by molar-refractivity contribution is 0.182. The average molecular weight is 330 g/mol. The molecule has 0 aliphatic carbocycles. The minimum atomic E-state index is -0.311. The molecule has 0 atom stereocenters. The number of amides is 2. The van der Waals surface area contributed by atoms with E-state index in [1.54, 1.807) is 62.6 Å². The number of carbonyl (C=O) groups excluding carboxylic acids is 1. The van der Waals surface area contributed by atoms with Crippen LogP contribution in [0, 0.1) is 0 Å². The SMILES string of the molecule is COCc1cc(N)ccc1Oc1ccc(NC(=O)NN(C)C)cc1. The third-order valence-electron chi connectivity index (χ3n) is 3.05. The van der Waals surface area contributed by atoms with Crippen molar-refractivity contribution in [1.29, 1.82) is 0 Å². The Morgan fingerprint density at radius 1 is 1.17 bits per heavy atom. The summed E-state index contributed by atoms with van der Waals surface area (Å²) in [6.07, 6.45) is 0. The van der Waals surface area contributed by atoms with Gasteiger partial charge in [-0.25, -0.2) is 9.80 Å². The number of methoxy groups -OCH3 is 1. The van der Waals surface area contributed by atoms with Crippen molar-refractivity contribution in [3.05, 3.63) is 48.0 Å². The summed E-state index contributed by atoms with van der Waals surface area (Å²) in [6.45, 7) is 0.407. The minimum absolute atomic E-state index is 0.311. The maximum Gasteiger partial charge on any atom is 0.333 e. The molecule has 0 saturated heterocycles. The van der Waals surface area contributed by atoms with Gasteiger partial charge in [0.1, 0.15) is 11.5 Å². The van der Waals surface area contributed by atoms with E-state index < -0.39 is 0 Å². The molecule has 0 bridgehead atoms. The second-order valence-corrected chi connectivity index (χ2v) is 5.39. The van der Waals surface area contributed by atoms with Crippen LogP contribution < -0.4 is 21.2 Å². The normalized spacial score (nSPS) is 10.5. The molecule has 0 aliphatic heterocycles. The molecule has 2 aromatic carbocycles. The van der Waals surface area contributed by atoms with Crippen LogP contribution in [0.4, 0.5) is 16.2 Å². The summed E-state index contributed by atoms with van der Waals surface area (Å²) in [4.78, 5) is 11.6. The van der Waals surface area contributed by atoms with E-state index in [-0.39, 0.29) is 6.03 Å². The number of nitrogen functional groups attached to an aromatic ring is 1. The van der Waals surface area contributed by atoms with E-state index in [1.165, 1.54) is 0 Å². The van der Waals surface area contributed by atoms with Crippen molar-refractivity contribution in [2.24, 2.45) is 0 Å². The number of nitrogens with zero attached hydrogens (tertiary/aromatic N) is 1. The highest BCUT2D eigenvalue weighted by molar-refractivity contribution is 5.88. The second-order valence-electron chi connectivity index (χ2n) is 5.39. The molecule has 2 amide bonds. The lowest BCUT2D eigenvalue weighted by Gasteiger charge is -2.14. The first-order chi connectivity index (χ1) is 11.5. The van der Waals surface area contributed by atoms with Crippen LogP contribution in [0.15, 0.2) is 42.5 Å². The zero-order valence-corrected chi connectivity index (χ0v) is 14.0. The predicted octanol–water partition coefficient (Wildman–Crippen LogP) is 2.81. The molecule has 7 heteroatoms. The van der Waals surface area contributed by atoms with E-state index in [0.717, 1.165) is 5.56 Å². The van der Waals surface area contributed by atoms with E-state index in [4.69, 9.17) is 15.2 Å². The summed E-state index contributed by atoms with van der Waals surface area (Å²) >= 11 is 0. The lowest BCUT2D eigenvalue weighted by Crippen LogP contribution is -2.39. The number of anilines is 2. The molecule has 0 unspecified atom stereocenters. The maximum atomic E-state index is 11.6. The van der Waals surface area contributed by atoms with E-state index >= 15 is 0 Å². The first kappa shape index (κ1) is 17.6. The van der Waals surface area contributed by atoms with Crippen molar-refractivity contribution in [3.8, 4) is 11.5 Å². The number of hydrogen-bond donors (Lipinski definition) is 3. The average Bonchev–Trinajstić information content (AvgIpc) is 2.51. The Labute approximate surface area is 141 Å². The Morgan fingerprint density at radius 2 is 1.88 bits per heavy atom. The summed E-state index contributed by atoms with van der Waals surface area (Å²) in [6, 6.07) is 12.2. The molecular weight excluding hydrogens is 308 g/mol. The topological polar surface area (TPSA) is 88.9 Å². The Morgan fingerprint density at radius 3 is 2.50 bits per heavy atom. The fraction of sp³-hybridized carbons (Fsp3) is 0.235. The molecule has 128 valence electrons. The molecule has 24 heavy (non-hydrogen) atoms. The van der Waals surface area contributed by atoms with Gasteiger partial charge in [-0.2, -0.15) is 0 Å². The highest BCUT2D eigenvalue weighted by atomic mass is 16.5. The smallest absolute Gasteiger partial charge is 0.333 e. The van der Waals surface area contributed by atoms with Gasteiger partial charge in [0.2, 0.25) is 0 Å². The first-order valence-corrected chi connectivity index (χ1v) is 7.38. The number of rotatable bonds is 6. The number of urea groups is 1. The van der Waals surface area contributed by atoms with E-state index in [9.17, 15) is 4.79 Å². The monoisotopic (exact) mass is 330 g/mol. The Kier molecular flexibility index (Phi) is 6.00. The number of ether oxygens (including phenoxy) is 2. The van der Waals surface area contributed by atoms with E-state index in [2.05, 4.69) is 10.7 Å². The van der Waals surface area contributed by atoms with Gasteiger partial charge < -0.3 is 20.5 Å². The van der Waals surface area contributed by atoms with Crippen molar-refractivity contribution in [3.63, 3.8) is 0 Å². The third kappa shape index (κ3) is 5.15. The number of hydrogen-bond acceptors (Lipinski definition) is 5. The van der Waals surface area contributed by atoms with Gasteiger partial charge in [-0.3, -0.25) is 5.43 Å². The fourth-order valence-corrected chi connectivity index (χ4v) is 2.06. The van der Waals surface area contributed by atoms with Gasteiger partial charge in [0.25, 0.3) is 0 Å². The molecule has 0 heterocycles. The van der Waals surface area contributed by atoms with Gasteiger partial charge in [0, 0.05) is 38.1 Å². The molecule has 2 aromatic rings. The fourth-order valence-electron chi connectivity index (χ4n) is 2.06. The molecule has 2 rings (SSSR count). The van der Waals surface area contributed by atoms with Gasteiger partial charge in [0.15, 0.2) is 0 Å². The van der Waals surface area contributed by atoms with Crippen molar-refractivity contribution < 1.29 is 14.3 Å². The minimum Gasteiger partial charge on any atom is -0.457 e. The van der Waals surface area contributed by atoms with Gasteiger partial charge >= 0.3 is 6.03 Å². The van der Waals surface area contributed by atoms with Gasteiger partial charge in [-0.05, 0) is 42.5 Å². The highest BCUT2D eigenvalue weighted by Gasteiger charge is 2.07. The number of hydrazine groups is 1. The lowest BCUT2D eigenvalue weighted by atomic mass is 10.2. The van der Waals surface area contributed by atoms with E-state index in [1.807, 2.05) is 6.07 Å². The van der Waals surface area contributed by atoms with E-state index in [0.29, 0.717) is 29.5 Å². The quantitative estimate of drug-likeness (QED) is 0.560. The summed E-state index contributed by atoms with van der Waals surface area (Å²) in [5.41, 5.74) is 10.6. The van der Waals surface area contributed by atoms with Gasteiger partial charge in [0.05, 0.1) is 6.61 Å². The van der Waals surface area contributed by atoms with Crippen molar-refractivity contribution in [2.75, 3.05) is 32.3 Å². The molecule has 0 fully saturated rings. The van der Waals surface area contributed by atoms with Crippen LogP contribution in [-0.2, 0) is 11.3 Å². The Hall–Kier alpha value is -2.77. The zero-order valence-electron chi connectivity index (χ0n) is 14.0. The van der Waals surface area contributed by atoms with Gasteiger partial charge in [-0.1, -0.05) is 0 Å². The summed E-state index contributed by atoms with van der Waals surface area (Å²) in [7, 11) is 5.09. The van der Waals surface area contributed by atoms with Crippen LogP contribution in [-0.4, -0.2) is 32.2 Å². The first-order valence-electron chi connectivity index (χ1n) is 7.38. The molecule has 0 aliphatic rings. The zero-order chi connectivity index (χ0) is 17.5. The molecule has 0 radical (unpaired) electrons. The predicted molar refractivity (Wildman–Crippen MR) is 93.9 cm³/mol. The van der Waals surface area contributed by atoms with Crippen LogP contribution >= 0.6 is 0 Å². The molecular formula is C17H22N4O3. The molecule has 0 aromatic heterocycles. The molecule has 0 saturated carbocycles. The largest absolute Gasteiger partial charge is 0.457 e. The Bertz CT molecular complexity index is 687. The summed E-state index contributed by atoms with van der Waals surface area (Å²) in [5.74, 6) is 1.33. The number of benzene rings is 2. The van der Waals surface area contributed by atoms with Crippen LogP contribution in [0.1, 0.15) is 5.56 Å². The molecule has 0 spiro atoms. The van der Waals surface area contributed by atoms with Crippen LogP contribution in [0.3, 0.4) is 0 Å². The van der Waals surface area contributed by atoms with Crippen molar-refractivity contribution in [2.45, 2.75) is 6.61 Å². The van der Waals surface area contributed by atoms with Crippen molar-refractivity contribution in [1.82, 2.24) is 10.4 Å². The summed E-state index contributed by atoms with van der Waals surface area (Å²) in [5, 5.41) is 4.28. The standard InChI is InChI=1S/C17H22N4O3/c1-21(2)20-17(22)19-14-5-7-15(8-6-14)24-16-9-4-13(18)10-12(16)11-23-3/h4-10H,11,18H2,1-3H3,(H2,19,20,22). The third-order valence-corrected chi connectivity index (χ3v) is 3.05. The number of nitrogens with one attached hydrogen (secondary N) is 2.